The number of hydrogen-bond donors (Lipinski definition) is 1. The first-order valence-corrected chi connectivity index (χ1v) is 7.92. The van der Waals surface area contributed by atoms with Crippen molar-refractivity contribution in [3.63, 3.8) is 0 Å². The molecule has 1 rings (SSSR count). The van der Waals surface area contributed by atoms with Crippen LogP contribution in [0, 0.1) is 11.3 Å². The van der Waals surface area contributed by atoms with Crippen LogP contribution in [0.4, 0.5) is 0 Å². The molecule has 2 atom stereocenters. The van der Waals surface area contributed by atoms with Crippen LogP contribution in [-0.4, -0.2) is 44.3 Å². The lowest BCUT2D eigenvalue weighted by Crippen LogP contribution is -2.39. The van der Waals surface area contributed by atoms with Gasteiger partial charge < -0.3 is 10.5 Å². The highest BCUT2D eigenvalue weighted by Gasteiger charge is 2.29. The number of nitrogens with zero attached hydrogens (tertiary/aromatic N) is 1. The largest absolute Gasteiger partial charge is 0.383 e. The van der Waals surface area contributed by atoms with Crippen molar-refractivity contribution in [3.05, 3.63) is 0 Å². The molecule has 2 N–H and O–H groups in total. The number of rotatable bonds is 6. The van der Waals surface area contributed by atoms with Gasteiger partial charge in [0, 0.05) is 13.2 Å². The van der Waals surface area contributed by atoms with Crippen LogP contribution in [0.3, 0.4) is 0 Å². The first-order valence-electron chi connectivity index (χ1n) is 7.92. The van der Waals surface area contributed by atoms with Crippen LogP contribution < -0.4 is 5.73 Å². The molecule has 0 aliphatic carbocycles. The summed E-state index contributed by atoms with van der Waals surface area (Å²) in [5.41, 5.74) is 6.10. The molecular weight excluding hydrogens is 236 g/mol. The topological polar surface area (TPSA) is 38.5 Å². The first-order chi connectivity index (χ1) is 8.99. The van der Waals surface area contributed by atoms with Gasteiger partial charge in [0.1, 0.15) is 0 Å². The molecule has 3 heteroatoms. The van der Waals surface area contributed by atoms with Gasteiger partial charge >= 0.3 is 0 Å². The highest BCUT2D eigenvalue weighted by atomic mass is 16.5. The molecule has 0 aromatic heterocycles. The van der Waals surface area contributed by atoms with E-state index in [9.17, 15) is 0 Å². The Balaban J connectivity index is 2.53. The Morgan fingerprint density at radius 2 is 2.00 bits per heavy atom. The zero-order valence-corrected chi connectivity index (χ0v) is 13.5. The summed E-state index contributed by atoms with van der Waals surface area (Å²) >= 11 is 0. The van der Waals surface area contributed by atoms with Crippen molar-refractivity contribution >= 4 is 0 Å². The van der Waals surface area contributed by atoms with Crippen molar-refractivity contribution in [1.82, 2.24) is 4.90 Å². The zero-order valence-electron chi connectivity index (χ0n) is 13.5. The Labute approximate surface area is 119 Å². The second kappa shape index (κ2) is 8.23. The van der Waals surface area contributed by atoms with Crippen LogP contribution in [0.2, 0.25) is 0 Å². The molecule has 0 aromatic carbocycles. The van der Waals surface area contributed by atoms with Gasteiger partial charge in [-0.15, -0.1) is 0 Å². The van der Waals surface area contributed by atoms with Crippen molar-refractivity contribution in [1.29, 1.82) is 0 Å². The lowest BCUT2D eigenvalue weighted by atomic mass is 9.77. The molecule has 3 nitrogen and oxygen atoms in total. The molecule has 1 fully saturated rings. The Morgan fingerprint density at radius 3 is 2.58 bits per heavy atom. The highest BCUT2D eigenvalue weighted by molar-refractivity contribution is 4.81. The average Bonchev–Trinajstić information content (AvgIpc) is 2.59. The van der Waals surface area contributed by atoms with Crippen LogP contribution >= 0.6 is 0 Å². The number of methoxy groups -OCH3 is 1. The molecule has 0 radical (unpaired) electrons. The molecule has 0 amide bonds. The van der Waals surface area contributed by atoms with Gasteiger partial charge in [-0.05, 0) is 63.1 Å². The molecule has 114 valence electrons. The van der Waals surface area contributed by atoms with E-state index < -0.39 is 0 Å². The van der Waals surface area contributed by atoms with E-state index in [0.29, 0.717) is 11.5 Å². The molecule has 0 spiro atoms. The van der Waals surface area contributed by atoms with Gasteiger partial charge in [-0.2, -0.15) is 0 Å². The minimum absolute atomic E-state index is 0.448. The molecule has 2 unspecified atom stereocenters. The van der Waals surface area contributed by atoms with Crippen LogP contribution in [0.15, 0.2) is 0 Å². The van der Waals surface area contributed by atoms with Crippen LogP contribution in [-0.2, 0) is 4.74 Å². The Bertz CT molecular complexity index is 237. The predicted octanol–water partition coefficient (Wildman–Crippen LogP) is 2.89. The Kier molecular flexibility index (Phi) is 7.33. The number of likely N-dealkylation sites (tertiary alicyclic amines) is 1. The van der Waals surface area contributed by atoms with Gasteiger partial charge in [-0.3, -0.25) is 4.90 Å². The van der Waals surface area contributed by atoms with Crippen LogP contribution in [0.1, 0.15) is 52.9 Å². The lowest BCUT2D eigenvalue weighted by molar-refractivity contribution is 0.0837. The van der Waals surface area contributed by atoms with E-state index in [4.69, 9.17) is 10.5 Å². The molecule has 0 bridgehead atoms. The van der Waals surface area contributed by atoms with Gasteiger partial charge in [0.2, 0.25) is 0 Å². The lowest BCUT2D eigenvalue weighted by Gasteiger charge is -2.32. The summed E-state index contributed by atoms with van der Waals surface area (Å²) in [6.07, 6.45) is 6.30. The van der Waals surface area contributed by atoms with Crippen molar-refractivity contribution < 1.29 is 4.74 Å². The summed E-state index contributed by atoms with van der Waals surface area (Å²) in [7, 11) is 1.81. The quantitative estimate of drug-likeness (QED) is 0.806. The number of ether oxygens (including phenoxy) is 1. The van der Waals surface area contributed by atoms with E-state index in [1.165, 1.54) is 38.8 Å². The van der Waals surface area contributed by atoms with E-state index in [2.05, 4.69) is 25.7 Å². The average molecular weight is 270 g/mol. The van der Waals surface area contributed by atoms with Crippen molar-refractivity contribution in [3.8, 4) is 0 Å². The highest BCUT2D eigenvalue weighted by Crippen LogP contribution is 2.34. The summed E-state index contributed by atoms with van der Waals surface area (Å²) in [5, 5.41) is 0. The van der Waals surface area contributed by atoms with Crippen LogP contribution in [0.25, 0.3) is 0 Å². The van der Waals surface area contributed by atoms with Gasteiger partial charge in [0.15, 0.2) is 0 Å². The summed E-state index contributed by atoms with van der Waals surface area (Å²) in [5.74, 6) is 0.857. The van der Waals surface area contributed by atoms with Gasteiger partial charge in [0.05, 0.1) is 6.61 Å². The molecule has 1 aliphatic heterocycles. The maximum atomic E-state index is 5.65. The molecule has 0 saturated carbocycles. The van der Waals surface area contributed by atoms with Gasteiger partial charge in [-0.1, -0.05) is 20.8 Å². The molecule has 19 heavy (non-hydrogen) atoms. The second-order valence-corrected chi connectivity index (χ2v) is 7.07. The summed E-state index contributed by atoms with van der Waals surface area (Å²) in [6, 6.07) is 0.562. The Hall–Kier alpha value is -0.120. The van der Waals surface area contributed by atoms with E-state index in [1.807, 2.05) is 7.11 Å². The molecule has 1 saturated heterocycles. The SMILES string of the molecule is COCC(CCCN)N1CCCC(C(C)(C)C)CC1. The zero-order chi connectivity index (χ0) is 14.3. The van der Waals surface area contributed by atoms with Gasteiger partial charge in [-0.25, -0.2) is 0 Å². The maximum Gasteiger partial charge on any atom is 0.0618 e. The fourth-order valence-electron chi connectivity index (χ4n) is 3.27. The smallest absolute Gasteiger partial charge is 0.0618 e. The van der Waals surface area contributed by atoms with Crippen molar-refractivity contribution in [2.45, 2.75) is 58.9 Å². The van der Waals surface area contributed by atoms with E-state index in [1.54, 1.807) is 0 Å². The fraction of sp³-hybridized carbons (Fsp3) is 1.00. The molecule has 1 heterocycles. The van der Waals surface area contributed by atoms with Crippen LogP contribution in [0.5, 0.6) is 0 Å². The van der Waals surface area contributed by atoms with Crippen molar-refractivity contribution in [2.75, 3.05) is 33.4 Å². The van der Waals surface area contributed by atoms with Gasteiger partial charge in [0.25, 0.3) is 0 Å². The molecule has 0 aromatic rings. The Morgan fingerprint density at radius 1 is 1.26 bits per heavy atom. The third-order valence-corrected chi connectivity index (χ3v) is 4.60. The summed E-state index contributed by atoms with van der Waals surface area (Å²) < 4.78 is 5.41. The molecule has 1 aliphatic rings. The predicted molar refractivity (Wildman–Crippen MR) is 82.3 cm³/mol. The fourth-order valence-corrected chi connectivity index (χ4v) is 3.27. The van der Waals surface area contributed by atoms with Crippen molar-refractivity contribution in [2.24, 2.45) is 17.1 Å². The standard InChI is InChI=1S/C16H34N2O/c1-16(2,3)14-7-6-11-18(12-9-14)15(13-19-4)8-5-10-17/h14-15H,5-13,17H2,1-4H3. The van der Waals surface area contributed by atoms with E-state index in [0.717, 1.165) is 25.5 Å². The van der Waals surface area contributed by atoms with E-state index >= 15 is 0 Å². The second-order valence-electron chi connectivity index (χ2n) is 7.07. The maximum absolute atomic E-state index is 5.65. The number of nitrogens with two attached hydrogens (primary N) is 1. The minimum Gasteiger partial charge on any atom is -0.383 e. The van der Waals surface area contributed by atoms with E-state index in [-0.39, 0.29) is 0 Å². The number of hydrogen-bond acceptors (Lipinski definition) is 3. The first kappa shape index (κ1) is 16.9. The minimum atomic E-state index is 0.448. The monoisotopic (exact) mass is 270 g/mol. The third kappa shape index (κ3) is 5.80. The summed E-state index contributed by atoms with van der Waals surface area (Å²) in [4.78, 5) is 2.64. The third-order valence-electron chi connectivity index (χ3n) is 4.60. The summed E-state index contributed by atoms with van der Waals surface area (Å²) in [6.45, 7) is 11.2. The molecular formula is C16H34N2O. The normalized spacial score (nSPS) is 24.2.